The molecule has 0 aromatic rings. The first-order chi connectivity index (χ1) is 5.15. The van der Waals surface area contributed by atoms with Gasteiger partial charge in [-0.1, -0.05) is 6.42 Å². The lowest BCUT2D eigenvalue weighted by Gasteiger charge is -2.23. The molecule has 11 heavy (non-hydrogen) atoms. The second-order valence-corrected chi connectivity index (χ2v) is 3.01. The number of carbonyl (C=O) groups is 1. The van der Waals surface area contributed by atoms with E-state index in [1.807, 2.05) is 0 Å². The minimum atomic E-state index is -1.17. The van der Waals surface area contributed by atoms with Crippen LogP contribution in [-0.4, -0.2) is 23.3 Å². The van der Waals surface area contributed by atoms with Crippen LogP contribution in [0.2, 0.25) is 0 Å². The van der Waals surface area contributed by atoms with Crippen molar-refractivity contribution in [2.75, 3.05) is 6.54 Å². The van der Waals surface area contributed by atoms with E-state index in [0.717, 1.165) is 19.3 Å². The Morgan fingerprint density at radius 2 is 2.18 bits per heavy atom. The lowest BCUT2D eigenvalue weighted by atomic mass is 10.1. The van der Waals surface area contributed by atoms with Gasteiger partial charge in [-0.25, -0.2) is 4.79 Å². The van der Waals surface area contributed by atoms with Crippen LogP contribution in [0.3, 0.4) is 0 Å². The molecule has 0 saturated carbocycles. The Hall–Kier alpha value is -0.610. The van der Waals surface area contributed by atoms with Gasteiger partial charge in [0, 0.05) is 0 Å². The van der Waals surface area contributed by atoms with Crippen LogP contribution in [0.15, 0.2) is 0 Å². The first-order valence-corrected chi connectivity index (χ1v) is 3.92. The second kappa shape index (κ2) is 3.19. The molecule has 0 spiro atoms. The first kappa shape index (κ1) is 8.49. The van der Waals surface area contributed by atoms with Crippen molar-refractivity contribution < 1.29 is 9.90 Å². The third-order valence-electron chi connectivity index (χ3n) is 2.07. The third-order valence-corrected chi connectivity index (χ3v) is 2.07. The van der Waals surface area contributed by atoms with Crippen molar-refractivity contribution >= 4 is 5.97 Å². The molecule has 0 aromatic heterocycles. The van der Waals surface area contributed by atoms with Gasteiger partial charge in [-0.15, -0.1) is 0 Å². The van der Waals surface area contributed by atoms with E-state index in [9.17, 15) is 4.79 Å². The van der Waals surface area contributed by atoms with Gasteiger partial charge >= 0.3 is 5.97 Å². The summed E-state index contributed by atoms with van der Waals surface area (Å²) < 4.78 is 0. The average molecular weight is 158 g/mol. The molecular weight excluding hydrogens is 144 g/mol. The molecule has 4 N–H and O–H groups in total. The number of carboxylic acid groups (broad SMARTS) is 1. The fourth-order valence-corrected chi connectivity index (χ4v) is 1.29. The molecule has 1 aliphatic heterocycles. The lowest BCUT2D eigenvalue weighted by Crippen LogP contribution is -2.59. The SMILES string of the molecule is NC1(C(=O)O)CCCCCN1. The van der Waals surface area contributed by atoms with Gasteiger partial charge in [0.25, 0.3) is 0 Å². The van der Waals surface area contributed by atoms with Crippen LogP contribution in [-0.2, 0) is 4.79 Å². The fraction of sp³-hybridized carbons (Fsp3) is 0.857. The second-order valence-electron chi connectivity index (χ2n) is 3.01. The zero-order valence-electron chi connectivity index (χ0n) is 6.47. The highest BCUT2D eigenvalue weighted by Crippen LogP contribution is 2.13. The van der Waals surface area contributed by atoms with Crippen LogP contribution in [0.25, 0.3) is 0 Å². The van der Waals surface area contributed by atoms with E-state index in [1.165, 1.54) is 0 Å². The monoisotopic (exact) mass is 158 g/mol. The summed E-state index contributed by atoms with van der Waals surface area (Å²) in [6.45, 7) is 0.711. The number of hydrogen-bond acceptors (Lipinski definition) is 3. The zero-order valence-corrected chi connectivity index (χ0v) is 6.47. The lowest BCUT2D eigenvalue weighted by molar-refractivity contribution is -0.144. The largest absolute Gasteiger partial charge is 0.479 e. The van der Waals surface area contributed by atoms with Gasteiger partial charge < -0.3 is 10.8 Å². The Balaban J connectivity index is 2.59. The van der Waals surface area contributed by atoms with Crippen molar-refractivity contribution in [2.24, 2.45) is 5.73 Å². The van der Waals surface area contributed by atoms with Crippen molar-refractivity contribution in [1.29, 1.82) is 0 Å². The van der Waals surface area contributed by atoms with Crippen molar-refractivity contribution in [3.8, 4) is 0 Å². The van der Waals surface area contributed by atoms with Crippen molar-refractivity contribution in [3.63, 3.8) is 0 Å². The molecule has 0 bridgehead atoms. The molecule has 1 saturated heterocycles. The molecule has 0 radical (unpaired) electrons. The molecule has 1 fully saturated rings. The predicted octanol–water partition coefficient (Wildman–Crippen LogP) is -0.110. The Labute approximate surface area is 65.8 Å². The number of hydrogen-bond donors (Lipinski definition) is 3. The summed E-state index contributed by atoms with van der Waals surface area (Å²) in [6, 6.07) is 0. The van der Waals surface area contributed by atoms with Crippen molar-refractivity contribution in [1.82, 2.24) is 5.32 Å². The van der Waals surface area contributed by atoms with Crippen LogP contribution < -0.4 is 11.1 Å². The molecule has 1 aliphatic rings. The van der Waals surface area contributed by atoms with E-state index < -0.39 is 11.6 Å². The number of carboxylic acids is 1. The number of nitrogens with one attached hydrogen (secondary N) is 1. The van der Waals surface area contributed by atoms with E-state index in [-0.39, 0.29) is 0 Å². The standard InChI is InChI=1S/C7H14N2O2/c8-7(6(10)11)4-2-1-3-5-9-7/h9H,1-5,8H2,(H,10,11). The van der Waals surface area contributed by atoms with E-state index >= 15 is 0 Å². The van der Waals surface area contributed by atoms with Gasteiger partial charge in [-0.3, -0.25) is 5.32 Å². The Morgan fingerprint density at radius 3 is 2.82 bits per heavy atom. The Morgan fingerprint density at radius 1 is 1.45 bits per heavy atom. The maximum absolute atomic E-state index is 10.6. The van der Waals surface area contributed by atoms with E-state index in [4.69, 9.17) is 10.8 Å². The fourth-order valence-electron chi connectivity index (χ4n) is 1.29. The van der Waals surface area contributed by atoms with E-state index in [0.29, 0.717) is 13.0 Å². The van der Waals surface area contributed by atoms with E-state index in [2.05, 4.69) is 5.32 Å². The van der Waals surface area contributed by atoms with Crippen LogP contribution in [0.5, 0.6) is 0 Å². The van der Waals surface area contributed by atoms with Gasteiger partial charge in [-0.05, 0) is 25.8 Å². The Bertz CT molecular complexity index is 151. The molecule has 1 unspecified atom stereocenters. The van der Waals surface area contributed by atoms with Crippen LogP contribution in [0, 0.1) is 0 Å². The summed E-state index contributed by atoms with van der Waals surface area (Å²) in [5.41, 5.74) is 4.42. The van der Waals surface area contributed by atoms with Gasteiger partial charge in [0.2, 0.25) is 0 Å². The highest BCUT2D eigenvalue weighted by atomic mass is 16.4. The van der Waals surface area contributed by atoms with Crippen LogP contribution in [0.4, 0.5) is 0 Å². The maximum Gasteiger partial charge on any atom is 0.338 e. The first-order valence-electron chi connectivity index (χ1n) is 3.92. The minimum Gasteiger partial charge on any atom is -0.479 e. The molecule has 1 atom stereocenters. The van der Waals surface area contributed by atoms with Crippen LogP contribution >= 0.6 is 0 Å². The quantitative estimate of drug-likeness (QED) is 0.497. The molecule has 64 valence electrons. The van der Waals surface area contributed by atoms with Gasteiger partial charge in [-0.2, -0.15) is 0 Å². The minimum absolute atomic E-state index is 0.530. The topological polar surface area (TPSA) is 75.4 Å². The summed E-state index contributed by atoms with van der Waals surface area (Å²) in [7, 11) is 0. The molecular formula is C7H14N2O2. The molecule has 0 aromatic carbocycles. The van der Waals surface area contributed by atoms with Crippen molar-refractivity contribution in [2.45, 2.75) is 31.3 Å². The molecule has 1 rings (SSSR count). The molecule has 4 nitrogen and oxygen atoms in total. The average Bonchev–Trinajstić information content (AvgIpc) is 2.15. The Kier molecular flexibility index (Phi) is 2.46. The highest BCUT2D eigenvalue weighted by Gasteiger charge is 2.33. The number of rotatable bonds is 1. The van der Waals surface area contributed by atoms with Crippen molar-refractivity contribution in [3.05, 3.63) is 0 Å². The summed E-state index contributed by atoms with van der Waals surface area (Å²) in [6.07, 6.45) is 3.52. The summed E-state index contributed by atoms with van der Waals surface area (Å²) in [5, 5.41) is 11.6. The van der Waals surface area contributed by atoms with Gasteiger partial charge in [0.05, 0.1) is 0 Å². The van der Waals surface area contributed by atoms with E-state index in [1.54, 1.807) is 0 Å². The molecule has 0 amide bonds. The smallest absolute Gasteiger partial charge is 0.338 e. The van der Waals surface area contributed by atoms with Gasteiger partial charge in [0.15, 0.2) is 5.66 Å². The zero-order chi connectivity index (χ0) is 8.32. The number of aliphatic carboxylic acids is 1. The van der Waals surface area contributed by atoms with Gasteiger partial charge in [0.1, 0.15) is 0 Å². The predicted molar refractivity (Wildman–Crippen MR) is 41.0 cm³/mol. The maximum atomic E-state index is 10.6. The summed E-state index contributed by atoms with van der Waals surface area (Å²) in [4.78, 5) is 10.6. The highest BCUT2D eigenvalue weighted by molar-refractivity contribution is 5.77. The van der Waals surface area contributed by atoms with Crippen LogP contribution in [0.1, 0.15) is 25.7 Å². The molecule has 4 heteroatoms. The summed E-state index contributed by atoms with van der Waals surface area (Å²) in [5.74, 6) is -0.945. The summed E-state index contributed by atoms with van der Waals surface area (Å²) >= 11 is 0. The number of nitrogens with two attached hydrogens (primary N) is 1. The normalized spacial score (nSPS) is 32.8. The molecule has 1 heterocycles. The third kappa shape index (κ3) is 1.91. The molecule has 0 aliphatic carbocycles.